The minimum absolute atomic E-state index is 0.00215. The molecule has 0 bridgehead atoms. The van der Waals surface area contributed by atoms with Crippen molar-refractivity contribution in [3.05, 3.63) is 11.6 Å². The zero-order chi connectivity index (χ0) is 25.8. The summed E-state index contributed by atoms with van der Waals surface area (Å²) in [4.78, 5) is 25.9. The van der Waals surface area contributed by atoms with Crippen LogP contribution in [0.5, 0.6) is 0 Å². The molecule has 0 aromatic heterocycles. The number of carbonyl (C=O) groups is 2. The first kappa shape index (κ1) is 25.0. The van der Waals surface area contributed by atoms with Crippen LogP contribution < -0.4 is 0 Å². The molecule has 5 aliphatic rings. The normalized spacial score (nSPS) is 49.2. The Morgan fingerprint density at radius 1 is 0.971 bits per heavy atom. The van der Waals surface area contributed by atoms with Crippen LogP contribution in [0.1, 0.15) is 106 Å². The minimum Gasteiger partial charge on any atom is -0.481 e. The highest BCUT2D eigenvalue weighted by atomic mass is 16.4. The predicted octanol–water partition coefficient (Wildman–Crippen LogP) is 6.88. The first-order chi connectivity index (χ1) is 16.1. The third-order valence-electron chi connectivity index (χ3n) is 12.7. The van der Waals surface area contributed by atoms with Gasteiger partial charge in [0.15, 0.2) is 5.78 Å². The fourth-order valence-electron chi connectivity index (χ4n) is 10.5. The van der Waals surface area contributed by atoms with Crippen LogP contribution in [0.2, 0.25) is 0 Å². The molecule has 0 unspecified atom stereocenters. The number of carboxylic acids is 1. The average Bonchev–Trinajstić information content (AvgIpc) is 2.76. The summed E-state index contributed by atoms with van der Waals surface area (Å²) >= 11 is 0. The molecule has 0 radical (unpaired) electrons. The number of aliphatic carboxylic acids is 1. The van der Waals surface area contributed by atoms with Crippen LogP contribution in [0.15, 0.2) is 16.8 Å². The van der Waals surface area contributed by atoms with E-state index < -0.39 is 16.8 Å². The molecule has 0 aromatic carbocycles. The van der Waals surface area contributed by atoms with E-state index in [-0.39, 0.29) is 39.3 Å². The number of carbonyl (C=O) groups excluding carboxylic acids is 1. The largest absolute Gasteiger partial charge is 0.481 e. The van der Waals surface area contributed by atoms with Crippen molar-refractivity contribution in [3.63, 3.8) is 0 Å². The second kappa shape index (κ2) is 7.22. The molecule has 5 rings (SSSR count). The van der Waals surface area contributed by atoms with Gasteiger partial charge < -0.3 is 10.3 Å². The van der Waals surface area contributed by atoms with E-state index in [9.17, 15) is 19.9 Å². The van der Waals surface area contributed by atoms with Gasteiger partial charge in [0.1, 0.15) is 5.71 Å². The number of carboxylic acid groups (broad SMARTS) is 1. The SMILES string of the molecule is CC1(C)CC[C@]2(C(=O)O)CC[C@]3(C)C(=CC[C@@H]4[C@@]5(C)CC(=NO)C(=O)C(C)(C)[C@@H]5CC[C@]43C)[C@@H]2C1. The van der Waals surface area contributed by atoms with Crippen LogP contribution in [0, 0.1) is 50.2 Å². The lowest BCUT2D eigenvalue weighted by atomic mass is 9.33. The number of nitrogens with zero attached hydrogens (tertiary/aromatic N) is 1. The van der Waals surface area contributed by atoms with Gasteiger partial charge in [-0.15, -0.1) is 0 Å². The number of fused-ring (bicyclic) bond motifs is 7. The molecule has 194 valence electrons. The van der Waals surface area contributed by atoms with Crippen molar-refractivity contribution in [2.24, 2.45) is 55.4 Å². The standard InChI is InChI=1S/C30H45NO4/c1-25(2)12-14-30(24(33)34)15-13-28(6)18(19(30)16-25)8-9-22-27(5)17-20(31-35)23(32)26(3,4)21(27)10-11-29(22,28)7/h8,19,21-22,35H,9-17H2,1-7H3,(H,33,34)/t19-,21-,22+,27-,28+,29+,30-/m0/s1. The molecule has 0 aliphatic heterocycles. The molecule has 5 nitrogen and oxygen atoms in total. The zero-order valence-electron chi connectivity index (χ0n) is 22.8. The number of ketones is 1. The Balaban J connectivity index is 1.63. The van der Waals surface area contributed by atoms with Crippen molar-refractivity contribution < 1.29 is 19.9 Å². The van der Waals surface area contributed by atoms with E-state index >= 15 is 0 Å². The van der Waals surface area contributed by atoms with Gasteiger partial charge >= 0.3 is 5.97 Å². The number of rotatable bonds is 1. The van der Waals surface area contributed by atoms with Crippen LogP contribution in [-0.4, -0.2) is 27.8 Å². The fraction of sp³-hybridized carbons (Fsp3) is 0.833. The summed E-state index contributed by atoms with van der Waals surface area (Å²) in [5.74, 6) is 0.114. The topological polar surface area (TPSA) is 87.0 Å². The molecule has 5 aliphatic carbocycles. The summed E-state index contributed by atoms with van der Waals surface area (Å²) < 4.78 is 0. The van der Waals surface area contributed by atoms with Crippen molar-refractivity contribution in [1.29, 1.82) is 0 Å². The summed E-state index contributed by atoms with van der Waals surface area (Å²) in [6.45, 7) is 15.9. The van der Waals surface area contributed by atoms with Gasteiger partial charge in [0.2, 0.25) is 0 Å². The van der Waals surface area contributed by atoms with E-state index in [4.69, 9.17) is 0 Å². The first-order valence-electron chi connectivity index (χ1n) is 13.8. The molecule has 0 heterocycles. The highest BCUT2D eigenvalue weighted by molar-refractivity contribution is 6.42. The van der Waals surface area contributed by atoms with Gasteiger partial charge in [0.25, 0.3) is 0 Å². The van der Waals surface area contributed by atoms with Gasteiger partial charge in [-0.2, -0.15) is 0 Å². The Labute approximate surface area is 210 Å². The molecule has 5 heteroatoms. The number of allylic oxidation sites excluding steroid dienone is 2. The van der Waals surface area contributed by atoms with Crippen LogP contribution >= 0.6 is 0 Å². The molecule has 0 aromatic rings. The number of hydrogen-bond donors (Lipinski definition) is 2. The molecule has 0 saturated heterocycles. The Hall–Kier alpha value is -1.65. The Morgan fingerprint density at radius 3 is 2.26 bits per heavy atom. The fourth-order valence-corrected chi connectivity index (χ4v) is 10.5. The Kier molecular flexibility index (Phi) is 5.16. The molecule has 0 spiro atoms. The van der Waals surface area contributed by atoms with E-state index in [1.54, 1.807) is 0 Å². The van der Waals surface area contributed by atoms with Gasteiger partial charge in [-0.25, -0.2) is 0 Å². The summed E-state index contributed by atoms with van der Waals surface area (Å²) in [5, 5.41) is 23.8. The van der Waals surface area contributed by atoms with E-state index in [0.717, 1.165) is 51.4 Å². The van der Waals surface area contributed by atoms with E-state index in [1.807, 2.05) is 13.8 Å². The van der Waals surface area contributed by atoms with Crippen LogP contribution in [0.4, 0.5) is 0 Å². The molecule has 0 amide bonds. The second-order valence-corrected chi connectivity index (χ2v) is 15.0. The third kappa shape index (κ3) is 2.96. The van der Waals surface area contributed by atoms with Gasteiger partial charge in [-0.1, -0.05) is 65.3 Å². The average molecular weight is 484 g/mol. The molecule has 7 atom stereocenters. The highest BCUT2D eigenvalue weighted by Crippen LogP contribution is 2.75. The maximum Gasteiger partial charge on any atom is 0.310 e. The third-order valence-corrected chi connectivity index (χ3v) is 12.7. The Morgan fingerprint density at radius 2 is 1.63 bits per heavy atom. The van der Waals surface area contributed by atoms with Crippen LogP contribution in [0.25, 0.3) is 0 Å². The number of Topliss-reactive ketones (excluding diaryl/α,β-unsaturated/α-hetero) is 1. The number of hydrogen-bond acceptors (Lipinski definition) is 4. The summed E-state index contributed by atoms with van der Waals surface area (Å²) in [6.07, 6.45) is 10.3. The van der Waals surface area contributed by atoms with Crippen molar-refractivity contribution in [1.82, 2.24) is 0 Å². The Bertz CT molecular complexity index is 1040. The molecule has 4 saturated carbocycles. The van der Waals surface area contributed by atoms with Crippen molar-refractivity contribution in [2.45, 2.75) is 106 Å². The smallest absolute Gasteiger partial charge is 0.310 e. The maximum absolute atomic E-state index is 13.2. The lowest BCUT2D eigenvalue weighted by molar-refractivity contribution is -0.181. The van der Waals surface area contributed by atoms with Crippen molar-refractivity contribution >= 4 is 17.5 Å². The van der Waals surface area contributed by atoms with Gasteiger partial charge in [-0.05, 0) is 90.8 Å². The number of oxime groups is 1. The summed E-state index contributed by atoms with van der Waals surface area (Å²) in [5.41, 5.74) is 0.575. The highest BCUT2D eigenvalue weighted by Gasteiger charge is 2.70. The van der Waals surface area contributed by atoms with Gasteiger partial charge in [0.05, 0.1) is 5.41 Å². The molecule has 4 fully saturated rings. The van der Waals surface area contributed by atoms with E-state index in [0.29, 0.717) is 18.1 Å². The monoisotopic (exact) mass is 483 g/mol. The second-order valence-electron chi connectivity index (χ2n) is 15.0. The van der Waals surface area contributed by atoms with E-state index in [1.165, 1.54) is 5.57 Å². The van der Waals surface area contributed by atoms with Crippen molar-refractivity contribution in [3.8, 4) is 0 Å². The predicted molar refractivity (Wildman–Crippen MR) is 136 cm³/mol. The van der Waals surface area contributed by atoms with Crippen LogP contribution in [0.3, 0.4) is 0 Å². The lowest BCUT2D eigenvalue weighted by Crippen LogP contribution is -2.65. The van der Waals surface area contributed by atoms with Crippen LogP contribution in [-0.2, 0) is 9.59 Å². The van der Waals surface area contributed by atoms with Gasteiger partial charge in [0, 0.05) is 11.8 Å². The first-order valence-corrected chi connectivity index (χ1v) is 13.8. The van der Waals surface area contributed by atoms with Crippen molar-refractivity contribution in [2.75, 3.05) is 0 Å². The van der Waals surface area contributed by atoms with E-state index in [2.05, 4.69) is 45.9 Å². The zero-order valence-corrected chi connectivity index (χ0v) is 22.8. The molecular weight excluding hydrogens is 438 g/mol. The maximum atomic E-state index is 13.2. The minimum atomic E-state index is -0.624. The summed E-state index contributed by atoms with van der Waals surface area (Å²) in [7, 11) is 0. The lowest BCUT2D eigenvalue weighted by Gasteiger charge is -2.70. The molecule has 2 N–H and O–H groups in total. The van der Waals surface area contributed by atoms with Gasteiger partial charge in [-0.3, -0.25) is 9.59 Å². The molecule has 35 heavy (non-hydrogen) atoms. The quantitative estimate of drug-likeness (QED) is 0.242. The summed E-state index contributed by atoms with van der Waals surface area (Å²) in [6, 6.07) is 0. The molecular formula is C30H45NO4.